The number of benzene rings is 3. The van der Waals surface area contributed by atoms with Crippen molar-refractivity contribution in [2.45, 2.75) is 31.6 Å². The fourth-order valence-electron chi connectivity index (χ4n) is 3.22. The van der Waals surface area contributed by atoms with Crippen molar-refractivity contribution < 1.29 is 13.2 Å². The van der Waals surface area contributed by atoms with Gasteiger partial charge in [-0.3, -0.25) is 9.10 Å². The highest BCUT2D eigenvalue weighted by Gasteiger charge is 2.27. The summed E-state index contributed by atoms with van der Waals surface area (Å²) < 4.78 is 28.8. The molecular weight excluding hydrogens is 476 g/mol. The number of sulfonamides is 1. The molecule has 0 radical (unpaired) electrons. The summed E-state index contributed by atoms with van der Waals surface area (Å²) in [5.74, 6) is -0.197. The molecule has 0 fully saturated rings. The van der Waals surface area contributed by atoms with Crippen molar-refractivity contribution in [2.24, 2.45) is 0 Å². The number of hydrogen-bond donors (Lipinski definition) is 1. The molecule has 31 heavy (non-hydrogen) atoms. The number of carbonyl (C=O) groups excluding carboxylic acids is 1. The van der Waals surface area contributed by atoms with Crippen LogP contribution in [0.4, 0.5) is 11.4 Å². The molecule has 1 N–H and O–H groups in total. The van der Waals surface area contributed by atoms with E-state index < -0.39 is 15.9 Å². The fraction of sp³-hybridized carbons (Fsp3) is 0.208. The topological polar surface area (TPSA) is 66.5 Å². The Kier molecular flexibility index (Phi) is 7.18. The number of para-hydroxylation sites is 1. The first-order valence-electron chi connectivity index (χ1n) is 9.92. The Morgan fingerprint density at radius 1 is 1.00 bits per heavy atom. The molecule has 0 saturated heterocycles. The largest absolute Gasteiger partial charge is 0.324 e. The van der Waals surface area contributed by atoms with Crippen LogP contribution >= 0.6 is 15.9 Å². The van der Waals surface area contributed by atoms with E-state index in [0.717, 1.165) is 19.9 Å². The highest BCUT2D eigenvalue weighted by atomic mass is 79.9. The van der Waals surface area contributed by atoms with Crippen molar-refractivity contribution in [3.63, 3.8) is 0 Å². The second kappa shape index (κ2) is 9.66. The summed E-state index contributed by atoms with van der Waals surface area (Å²) in [6, 6.07) is 21.0. The number of rotatable bonds is 7. The number of halogens is 1. The number of anilines is 2. The average molecular weight is 501 g/mol. The third-order valence-corrected chi connectivity index (χ3v) is 7.13. The van der Waals surface area contributed by atoms with Crippen LogP contribution in [0.2, 0.25) is 0 Å². The monoisotopic (exact) mass is 500 g/mol. The molecule has 5 nitrogen and oxygen atoms in total. The lowest BCUT2D eigenvalue weighted by molar-refractivity contribution is -0.114. The quantitative estimate of drug-likeness (QED) is 0.451. The van der Waals surface area contributed by atoms with Gasteiger partial charge in [0.1, 0.15) is 6.54 Å². The van der Waals surface area contributed by atoms with E-state index >= 15 is 0 Å². The number of amides is 1. The van der Waals surface area contributed by atoms with E-state index in [1.165, 1.54) is 0 Å². The highest BCUT2D eigenvalue weighted by Crippen LogP contribution is 2.27. The first-order chi connectivity index (χ1) is 14.7. The van der Waals surface area contributed by atoms with Crippen LogP contribution in [-0.4, -0.2) is 20.9 Å². The smallest absolute Gasteiger partial charge is 0.264 e. The molecule has 0 saturated carbocycles. The second-order valence-corrected chi connectivity index (χ2v) is 10.4. The van der Waals surface area contributed by atoms with Gasteiger partial charge in [0.2, 0.25) is 5.91 Å². The normalized spacial score (nSPS) is 11.4. The number of aryl methyl sites for hydroxylation is 1. The van der Waals surface area contributed by atoms with Crippen molar-refractivity contribution in [1.29, 1.82) is 0 Å². The third kappa shape index (κ3) is 5.54. The molecule has 0 aliphatic carbocycles. The predicted molar refractivity (Wildman–Crippen MR) is 129 cm³/mol. The minimum atomic E-state index is -3.95. The lowest BCUT2D eigenvalue weighted by Crippen LogP contribution is -2.38. The number of nitrogens with one attached hydrogen (secondary N) is 1. The maximum atomic E-state index is 13.4. The Morgan fingerprint density at radius 3 is 2.32 bits per heavy atom. The first-order valence-corrected chi connectivity index (χ1v) is 12.2. The van der Waals surface area contributed by atoms with Gasteiger partial charge in [-0.25, -0.2) is 8.42 Å². The molecule has 0 spiro atoms. The predicted octanol–water partition coefficient (Wildman–Crippen LogP) is 5.71. The molecule has 0 bridgehead atoms. The van der Waals surface area contributed by atoms with Gasteiger partial charge in [-0.05, 0) is 54.8 Å². The van der Waals surface area contributed by atoms with Crippen molar-refractivity contribution in [3.05, 3.63) is 88.4 Å². The summed E-state index contributed by atoms with van der Waals surface area (Å²) in [7, 11) is -3.95. The zero-order chi connectivity index (χ0) is 22.6. The molecule has 0 heterocycles. The van der Waals surface area contributed by atoms with Crippen LogP contribution in [-0.2, 0) is 14.8 Å². The Balaban J connectivity index is 1.96. The van der Waals surface area contributed by atoms with Gasteiger partial charge in [0.15, 0.2) is 0 Å². The molecule has 0 aromatic heterocycles. The van der Waals surface area contributed by atoms with Crippen LogP contribution in [0.1, 0.15) is 30.9 Å². The molecule has 0 aliphatic rings. The SMILES string of the molecule is Cc1ccc(S(=O)(=O)N(CC(=O)Nc2ccccc2C(C)C)c2cccc(Br)c2)cc1. The maximum absolute atomic E-state index is 13.4. The van der Waals surface area contributed by atoms with Crippen LogP contribution in [0, 0.1) is 6.92 Å². The van der Waals surface area contributed by atoms with E-state index in [9.17, 15) is 13.2 Å². The average Bonchev–Trinajstić information content (AvgIpc) is 2.72. The van der Waals surface area contributed by atoms with Crippen molar-refractivity contribution in [3.8, 4) is 0 Å². The van der Waals surface area contributed by atoms with E-state index in [4.69, 9.17) is 0 Å². The molecule has 1 amide bonds. The van der Waals surface area contributed by atoms with Crippen LogP contribution in [0.15, 0.2) is 82.2 Å². The zero-order valence-electron chi connectivity index (χ0n) is 17.7. The van der Waals surface area contributed by atoms with Crippen molar-refractivity contribution >= 4 is 43.2 Å². The summed E-state index contributed by atoms with van der Waals surface area (Å²) in [4.78, 5) is 13.1. The van der Waals surface area contributed by atoms with E-state index in [2.05, 4.69) is 21.2 Å². The molecule has 0 aliphatic heterocycles. The van der Waals surface area contributed by atoms with Crippen LogP contribution in [0.5, 0.6) is 0 Å². The Hall–Kier alpha value is -2.64. The molecule has 0 unspecified atom stereocenters. The van der Waals surface area contributed by atoms with Gasteiger partial charge in [0, 0.05) is 10.2 Å². The van der Waals surface area contributed by atoms with Crippen molar-refractivity contribution in [1.82, 2.24) is 0 Å². The summed E-state index contributed by atoms with van der Waals surface area (Å²) in [6.07, 6.45) is 0. The third-order valence-electron chi connectivity index (χ3n) is 4.85. The molecule has 0 atom stereocenters. The van der Waals surface area contributed by atoms with Gasteiger partial charge < -0.3 is 5.32 Å². The van der Waals surface area contributed by atoms with E-state index in [1.807, 2.05) is 45.0 Å². The summed E-state index contributed by atoms with van der Waals surface area (Å²) in [5, 5.41) is 2.88. The second-order valence-electron chi connectivity index (χ2n) is 7.59. The highest BCUT2D eigenvalue weighted by molar-refractivity contribution is 9.10. The standard InChI is InChI=1S/C24H25BrN2O3S/c1-17(2)22-9-4-5-10-23(22)26-24(28)16-27(20-8-6-7-19(25)15-20)31(29,30)21-13-11-18(3)12-14-21/h4-15,17H,16H2,1-3H3,(H,26,28). The van der Waals surface area contributed by atoms with Crippen molar-refractivity contribution in [2.75, 3.05) is 16.2 Å². The van der Waals surface area contributed by atoms with Gasteiger partial charge in [0.25, 0.3) is 10.0 Å². The van der Waals surface area contributed by atoms with Gasteiger partial charge in [-0.1, -0.05) is 71.7 Å². The van der Waals surface area contributed by atoms with E-state index in [-0.39, 0.29) is 17.4 Å². The molecule has 3 aromatic carbocycles. The van der Waals surface area contributed by atoms with Gasteiger partial charge in [-0.2, -0.15) is 0 Å². The summed E-state index contributed by atoms with van der Waals surface area (Å²) >= 11 is 3.39. The maximum Gasteiger partial charge on any atom is 0.264 e. The molecule has 7 heteroatoms. The van der Waals surface area contributed by atoms with Gasteiger partial charge >= 0.3 is 0 Å². The Bertz CT molecular complexity index is 1180. The summed E-state index contributed by atoms with van der Waals surface area (Å²) in [5.41, 5.74) is 3.04. The number of hydrogen-bond acceptors (Lipinski definition) is 3. The Morgan fingerprint density at radius 2 is 1.68 bits per heavy atom. The minimum Gasteiger partial charge on any atom is -0.324 e. The minimum absolute atomic E-state index is 0.133. The summed E-state index contributed by atoms with van der Waals surface area (Å²) in [6.45, 7) is 5.63. The molecule has 162 valence electrons. The van der Waals surface area contributed by atoms with E-state index in [0.29, 0.717) is 11.4 Å². The zero-order valence-corrected chi connectivity index (χ0v) is 20.1. The Labute approximate surface area is 192 Å². The van der Waals surface area contributed by atoms with Crippen LogP contribution in [0.25, 0.3) is 0 Å². The van der Waals surface area contributed by atoms with Gasteiger partial charge in [0.05, 0.1) is 10.6 Å². The first kappa shape index (κ1) is 23.0. The molecular formula is C24H25BrN2O3S. The molecule has 3 rings (SSSR count). The van der Waals surface area contributed by atoms with Crippen LogP contribution < -0.4 is 9.62 Å². The number of nitrogens with zero attached hydrogens (tertiary/aromatic N) is 1. The van der Waals surface area contributed by atoms with E-state index in [1.54, 1.807) is 48.5 Å². The molecule has 3 aromatic rings. The van der Waals surface area contributed by atoms with Crippen LogP contribution in [0.3, 0.4) is 0 Å². The van der Waals surface area contributed by atoms with Gasteiger partial charge in [-0.15, -0.1) is 0 Å². The lowest BCUT2D eigenvalue weighted by Gasteiger charge is -2.25. The fourth-order valence-corrected chi connectivity index (χ4v) is 5.02. The lowest BCUT2D eigenvalue weighted by atomic mass is 10.0. The number of carbonyl (C=O) groups is 1.